The Labute approximate surface area is 151 Å². The van der Waals surface area contributed by atoms with Gasteiger partial charge in [0.1, 0.15) is 0 Å². The lowest BCUT2D eigenvalue weighted by Gasteiger charge is -2.44. The fourth-order valence-corrected chi connectivity index (χ4v) is 4.93. The molecule has 4 rings (SSSR count). The highest BCUT2D eigenvalue weighted by Gasteiger charge is 2.35. The van der Waals surface area contributed by atoms with Gasteiger partial charge in [0.15, 0.2) is 6.61 Å². The van der Waals surface area contributed by atoms with Gasteiger partial charge in [-0.3, -0.25) is 4.79 Å². The largest absolute Gasteiger partial charge is 0.452 e. The summed E-state index contributed by atoms with van der Waals surface area (Å²) in [5, 5.41) is 0. The smallest absolute Gasteiger partial charge is 0.338 e. The lowest BCUT2D eigenvalue weighted by molar-refractivity contribution is -0.140. The van der Waals surface area contributed by atoms with E-state index in [4.69, 9.17) is 4.74 Å². The number of aromatic nitrogens is 1. The van der Waals surface area contributed by atoms with E-state index >= 15 is 0 Å². The molecule has 0 radical (unpaired) electrons. The number of nitrogens with zero attached hydrogens (tertiary/aromatic N) is 2. The number of hydrogen-bond acceptors (Lipinski definition) is 5. The highest BCUT2D eigenvalue weighted by atomic mass is 32.1. The lowest BCUT2D eigenvalue weighted by atomic mass is 9.78. The van der Waals surface area contributed by atoms with Gasteiger partial charge in [-0.1, -0.05) is 12.8 Å². The number of carbonyl (C=O) groups excluding carboxylic acids is 2. The van der Waals surface area contributed by atoms with E-state index in [9.17, 15) is 9.59 Å². The van der Waals surface area contributed by atoms with E-state index in [2.05, 4.69) is 4.98 Å². The summed E-state index contributed by atoms with van der Waals surface area (Å²) in [5.74, 6) is 0.139. The molecule has 2 fully saturated rings. The van der Waals surface area contributed by atoms with Crippen molar-refractivity contribution in [2.24, 2.45) is 5.92 Å². The summed E-state index contributed by atoms with van der Waals surface area (Å²) in [6, 6.07) is 5.63. The number of thiazole rings is 1. The Bertz CT molecular complexity index is 786. The quantitative estimate of drug-likeness (QED) is 0.786. The lowest BCUT2D eigenvalue weighted by Crippen LogP contribution is -2.50. The zero-order valence-electron chi connectivity index (χ0n) is 14.1. The number of esters is 1. The van der Waals surface area contributed by atoms with Crippen LogP contribution in [0.2, 0.25) is 0 Å². The van der Waals surface area contributed by atoms with Crippen molar-refractivity contribution in [1.29, 1.82) is 0 Å². The first-order valence-electron chi connectivity index (χ1n) is 9.02. The number of carbonyl (C=O) groups is 2. The minimum absolute atomic E-state index is 0.0520. The Morgan fingerprint density at radius 1 is 1.20 bits per heavy atom. The Morgan fingerprint density at radius 2 is 2.04 bits per heavy atom. The second kappa shape index (κ2) is 7.12. The molecule has 1 aliphatic heterocycles. The molecule has 1 saturated heterocycles. The van der Waals surface area contributed by atoms with Crippen LogP contribution in [0.3, 0.4) is 0 Å². The average molecular weight is 358 g/mol. The summed E-state index contributed by atoms with van der Waals surface area (Å²) >= 11 is 1.48. The molecule has 0 N–H and O–H groups in total. The van der Waals surface area contributed by atoms with Crippen LogP contribution in [0.15, 0.2) is 23.7 Å². The Morgan fingerprint density at radius 3 is 2.96 bits per heavy atom. The zero-order valence-corrected chi connectivity index (χ0v) is 15.0. The molecule has 25 heavy (non-hydrogen) atoms. The number of piperidine rings is 1. The van der Waals surface area contributed by atoms with Crippen LogP contribution >= 0.6 is 11.3 Å². The Balaban J connectivity index is 1.38. The fourth-order valence-electron chi connectivity index (χ4n) is 4.21. The number of ether oxygens (including phenoxy) is 1. The third-order valence-electron chi connectivity index (χ3n) is 5.46. The molecular formula is C19H22N2O3S. The minimum atomic E-state index is -0.444. The van der Waals surface area contributed by atoms with E-state index in [0.717, 1.165) is 29.6 Å². The van der Waals surface area contributed by atoms with Gasteiger partial charge in [0.2, 0.25) is 0 Å². The maximum Gasteiger partial charge on any atom is 0.338 e. The molecule has 1 aliphatic carbocycles. The summed E-state index contributed by atoms with van der Waals surface area (Å²) in [5.41, 5.74) is 3.09. The van der Waals surface area contributed by atoms with Gasteiger partial charge in [-0.15, -0.1) is 11.3 Å². The van der Waals surface area contributed by atoms with Crippen LogP contribution in [0, 0.1) is 5.92 Å². The molecule has 0 spiro atoms. The highest BCUT2D eigenvalue weighted by Crippen LogP contribution is 2.35. The molecule has 132 valence electrons. The Kier molecular flexibility index (Phi) is 4.70. The van der Waals surface area contributed by atoms with Crippen LogP contribution in [0.25, 0.3) is 10.2 Å². The molecule has 1 aromatic heterocycles. The van der Waals surface area contributed by atoms with Crippen molar-refractivity contribution in [3.05, 3.63) is 29.3 Å². The van der Waals surface area contributed by atoms with Crippen molar-refractivity contribution in [1.82, 2.24) is 9.88 Å². The van der Waals surface area contributed by atoms with Crippen LogP contribution in [-0.4, -0.2) is 41.0 Å². The number of likely N-dealkylation sites (tertiary alicyclic amines) is 1. The van der Waals surface area contributed by atoms with Crippen LogP contribution in [0.5, 0.6) is 0 Å². The topological polar surface area (TPSA) is 59.5 Å². The summed E-state index contributed by atoms with van der Waals surface area (Å²) < 4.78 is 6.25. The highest BCUT2D eigenvalue weighted by molar-refractivity contribution is 7.16. The van der Waals surface area contributed by atoms with Gasteiger partial charge in [-0.25, -0.2) is 9.78 Å². The predicted octanol–water partition coefficient (Wildman–Crippen LogP) is 3.63. The SMILES string of the molecule is O=C(OCC(=O)N1CCC[C@@H]2CCCC[C@H]21)c1ccc2ncsc2c1. The van der Waals surface area contributed by atoms with Crippen molar-refractivity contribution in [3.63, 3.8) is 0 Å². The molecule has 6 heteroatoms. The van der Waals surface area contributed by atoms with Crippen LogP contribution < -0.4 is 0 Å². The van der Waals surface area contributed by atoms with Crippen LogP contribution in [-0.2, 0) is 9.53 Å². The maximum absolute atomic E-state index is 12.6. The standard InChI is InChI=1S/C19H22N2O3S/c22-18(21-9-3-5-13-4-1-2-6-16(13)21)11-24-19(23)14-7-8-15-17(10-14)25-12-20-15/h7-8,10,12-13,16H,1-6,9,11H2/t13-,16+/m0/s1. The third kappa shape index (κ3) is 3.40. The van der Waals surface area contributed by atoms with E-state index < -0.39 is 5.97 Å². The maximum atomic E-state index is 12.6. The number of benzene rings is 1. The number of hydrogen-bond donors (Lipinski definition) is 0. The van der Waals surface area contributed by atoms with Crippen LogP contribution in [0.1, 0.15) is 48.9 Å². The normalized spacial score (nSPS) is 23.3. The molecule has 2 aliphatic rings. The monoisotopic (exact) mass is 358 g/mol. The number of fused-ring (bicyclic) bond motifs is 2. The molecule has 0 bridgehead atoms. The van der Waals surface area contributed by atoms with Gasteiger partial charge >= 0.3 is 5.97 Å². The summed E-state index contributed by atoms with van der Waals surface area (Å²) in [4.78, 5) is 31.0. The van der Waals surface area contributed by atoms with Gasteiger partial charge in [0.25, 0.3) is 5.91 Å². The third-order valence-corrected chi connectivity index (χ3v) is 6.25. The van der Waals surface area contributed by atoms with E-state index in [0.29, 0.717) is 17.5 Å². The summed E-state index contributed by atoms with van der Waals surface area (Å²) in [6.45, 7) is 0.632. The predicted molar refractivity (Wildman–Crippen MR) is 96.6 cm³/mol. The molecule has 0 unspecified atom stereocenters. The van der Waals surface area contributed by atoms with E-state index in [-0.39, 0.29) is 12.5 Å². The molecular weight excluding hydrogens is 336 g/mol. The van der Waals surface area contributed by atoms with Crippen molar-refractivity contribution >= 4 is 33.4 Å². The van der Waals surface area contributed by atoms with Gasteiger partial charge in [0, 0.05) is 12.6 Å². The molecule has 2 atom stereocenters. The number of amides is 1. The first-order valence-corrected chi connectivity index (χ1v) is 9.90. The summed E-state index contributed by atoms with van der Waals surface area (Å²) in [6.07, 6.45) is 7.07. The average Bonchev–Trinajstić information content (AvgIpc) is 3.13. The van der Waals surface area contributed by atoms with Crippen molar-refractivity contribution < 1.29 is 14.3 Å². The molecule has 5 nitrogen and oxygen atoms in total. The van der Waals surface area contributed by atoms with Crippen molar-refractivity contribution in [2.75, 3.05) is 13.2 Å². The zero-order chi connectivity index (χ0) is 17.2. The molecule has 2 heterocycles. The van der Waals surface area contributed by atoms with Gasteiger partial charge in [-0.05, 0) is 49.8 Å². The van der Waals surface area contributed by atoms with Gasteiger partial charge in [-0.2, -0.15) is 0 Å². The molecule has 1 aromatic carbocycles. The van der Waals surface area contributed by atoms with E-state index in [1.54, 1.807) is 17.6 Å². The first kappa shape index (κ1) is 16.5. The van der Waals surface area contributed by atoms with Crippen molar-refractivity contribution in [2.45, 2.75) is 44.6 Å². The first-order chi connectivity index (χ1) is 12.2. The second-order valence-electron chi connectivity index (χ2n) is 6.95. The van der Waals surface area contributed by atoms with E-state index in [1.165, 1.54) is 37.0 Å². The van der Waals surface area contributed by atoms with Gasteiger partial charge < -0.3 is 9.64 Å². The fraction of sp³-hybridized carbons (Fsp3) is 0.526. The van der Waals surface area contributed by atoms with E-state index in [1.807, 2.05) is 11.0 Å². The molecule has 1 amide bonds. The van der Waals surface area contributed by atoms with Gasteiger partial charge in [0.05, 0.1) is 21.3 Å². The number of rotatable bonds is 3. The van der Waals surface area contributed by atoms with Crippen molar-refractivity contribution in [3.8, 4) is 0 Å². The Hall–Kier alpha value is -1.95. The van der Waals surface area contributed by atoms with Crippen LogP contribution in [0.4, 0.5) is 0 Å². The summed E-state index contributed by atoms with van der Waals surface area (Å²) in [7, 11) is 0. The second-order valence-corrected chi connectivity index (χ2v) is 7.84. The molecule has 1 saturated carbocycles. The minimum Gasteiger partial charge on any atom is -0.452 e. The molecule has 2 aromatic rings.